The van der Waals surface area contributed by atoms with Crippen molar-refractivity contribution in [3.63, 3.8) is 0 Å². The second-order valence-corrected chi connectivity index (χ2v) is 7.46. The van der Waals surface area contributed by atoms with Crippen LogP contribution in [-0.2, 0) is 11.2 Å². The van der Waals surface area contributed by atoms with Gasteiger partial charge in [-0.1, -0.05) is 45.7 Å². The summed E-state index contributed by atoms with van der Waals surface area (Å²) in [5, 5.41) is 0.753. The van der Waals surface area contributed by atoms with E-state index in [1.807, 2.05) is 47.4 Å². The first-order valence-electron chi connectivity index (χ1n) is 8.06. The lowest BCUT2D eigenvalue weighted by molar-refractivity contribution is -0.130. The summed E-state index contributed by atoms with van der Waals surface area (Å²) in [4.78, 5) is 16.8. The molecule has 0 aromatic heterocycles. The third-order valence-electron chi connectivity index (χ3n) is 4.39. The summed E-state index contributed by atoms with van der Waals surface area (Å²) in [6.07, 6.45) is 0.454. The van der Waals surface area contributed by atoms with E-state index in [1.165, 1.54) is 11.3 Å². The standard InChI is InChI=1S/C19H20BrClN2O/c1-14-5-6-17(21)13-18(14)22-7-9-23(10-8-22)19(24)12-15-3-2-4-16(20)11-15/h2-6,11,13H,7-10,12H2,1H3. The zero-order valence-electron chi connectivity index (χ0n) is 13.6. The van der Waals surface area contributed by atoms with E-state index in [9.17, 15) is 4.79 Å². The van der Waals surface area contributed by atoms with Crippen LogP contribution in [0.1, 0.15) is 11.1 Å². The highest BCUT2D eigenvalue weighted by Gasteiger charge is 2.22. The molecule has 1 saturated heterocycles. The summed E-state index contributed by atoms with van der Waals surface area (Å²) >= 11 is 9.58. The van der Waals surface area contributed by atoms with Crippen LogP contribution in [0.2, 0.25) is 5.02 Å². The number of anilines is 1. The number of piperazine rings is 1. The lowest BCUT2D eigenvalue weighted by Gasteiger charge is -2.37. The third kappa shape index (κ3) is 4.11. The van der Waals surface area contributed by atoms with Gasteiger partial charge in [-0.3, -0.25) is 4.79 Å². The Morgan fingerprint density at radius 1 is 1.12 bits per heavy atom. The van der Waals surface area contributed by atoms with Crippen molar-refractivity contribution in [1.29, 1.82) is 0 Å². The smallest absolute Gasteiger partial charge is 0.227 e. The molecule has 1 aliphatic heterocycles. The lowest BCUT2D eigenvalue weighted by atomic mass is 10.1. The largest absolute Gasteiger partial charge is 0.368 e. The number of amides is 1. The van der Waals surface area contributed by atoms with Crippen LogP contribution < -0.4 is 4.90 Å². The number of benzene rings is 2. The summed E-state index contributed by atoms with van der Waals surface area (Å²) in [7, 11) is 0. The van der Waals surface area contributed by atoms with Crippen LogP contribution in [-0.4, -0.2) is 37.0 Å². The fourth-order valence-corrected chi connectivity index (χ4v) is 3.67. The highest BCUT2D eigenvalue weighted by Crippen LogP contribution is 2.25. The van der Waals surface area contributed by atoms with Gasteiger partial charge in [-0.25, -0.2) is 0 Å². The van der Waals surface area contributed by atoms with Gasteiger partial charge in [0.2, 0.25) is 5.91 Å². The molecule has 2 aromatic carbocycles. The van der Waals surface area contributed by atoms with Gasteiger partial charge in [0.15, 0.2) is 0 Å². The van der Waals surface area contributed by atoms with Gasteiger partial charge in [0.25, 0.3) is 0 Å². The molecule has 0 saturated carbocycles. The highest BCUT2D eigenvalue weighted by molar-refractivity contribution is 9.10. The van der Waals surface area contributed by atoms with Crippen molar-refractivity contribution in [3.8, 4) is 0 Å². The Kier molecular flexibility index (Phi) is 5.47. The van der Waals surface area contributed by atoms with E-state index in [-0.39, 0.29) is 5.91 Å². The molecular formula is C19H20BrClN2O. The number of hydrogen-bond acceptors (Lipinski definition) is 2. The molecule has 0 spiro atoms. The topological polar surface area (TPSA) is 23.6 Å². The molecule has 126 valence electrons. The van der Waals surface area contributed by atoms with E-state index < -0.39 is 0 Å². The van der Waals surface area contributed by atoms with Gasteiger partial charge < -0.3 is 9.80 Å². The molecule has 0 radical (unpaired) electrons. The molecule has 1 heterocycles. The van der Waals surface area contributed by atoms with Gasteiger partial charge in [0.1, 0.15) is 0 Å². The Morgan fingerprint density at radius 2 is 1.88 bits per heavy atom. The molecule has 0 atom stereocenters. The molecular weight excluding hydrogens is 388 g/mol. The average molecular weight is 408 g/mol. The van der Waals surface area contributed by atoms with Gasteiger partial charge >= 0.3 is 0 Å². The maximum atomic E-state index is 12.5. The quantitative estimate of drug-likeness (QED) is 0.757. The minimum absolute atomic E-state index is 0.190. The highest BCUT2D eigenvalue weighted by atomic mass is 79.9. The van der Waals surface area contributed by atoms with Crippen molar-refractivity contribution in [3.05, 3.63) is 63.1 Å². The zero-order chi connectivity index (χ0) is 17.1. The van der Waals surface area contributed by atoms with Crippen LogP contribution in [0.25, 0.3) is 0 Å². The first kappa shape index (κ1) is 17.3. The van der Waals surface area contributed by atoms with Crippen molar-refractivity contribution in [1.82, 2.24) is 4.90 Å². The van der Waals surface area contributed by atoms with Gasteiger partial charge in [-0.05, 0) is 42.3 Å². The van der Waals surface area contributed by atoms with Crippen molar-refractivity contribution in [2.45, 2.75) is 13.3 Å². The van der Waals surface area contributed by atoms with Crippen molar-refractivity contribution in [2.75, 3.05) is 31.1 Å². The Balaban J connectivity index is 1.60. The first-order valence-corrected chi connectivity index (χ1v) is 9.23. The SMILES string of the molecule is Cc1ccc(Cl)cc1N1CCN(C(=O)Cc2cccc(Br)c2)CC1. The van der Waals surface area contributed by atoms with Gasteiger partial charge in [0.05, 0.1) is 6.42 Å². The maximum Gasteiger partial charge on any atom is 0.227 e. The molecule has 3 rings (SSSR count). The zero-order valence-corrected chi connectivity index (χ0v) is 16.0. The minimum atomic E-state index is 0.190. The monoisotopic (exact) mass is 406 g/mol. The number of carbonyl (C=O) groups is 1. The Hall–Kier alpha value is -1.52. The number of nitrogens with zero attached hydrogens (tertiary/aromatic N) is 2. The van der Waals surface area contributed by atoms with E-state index in [1.54, 1.807) is 0 Å². The number of aryl methyl sites for hydroxylation is 1. The van der Waals surface area contributed by atoms with Crippen LogP contribution in [0, 0.1) is 6.92 Å². The Bertz CT molecular complexity index is 742. The van der Waals surface area contributed by atoms with Crippen LogP contribution >= 0.6 is 27.5 Å². The second kappa shape index (κ2) is 7.58. The average Bonchev–Trinajstić information content (AvgIpc) is 2.57. The van der Waals surface area contributed by atoms with E-state index in [0.717, 1.165) is 41.2 Å². The number of carbonyl (C=O) groups excluding carboxylic acids is 1. The molecule has 1 fully saturated rings. The molecule has 0 aliphatic carbocycles. The number of hydrogen-bond donors (Lipinski definition) is 0. The summed E-state index contributed by atoms with van der Waals surface area (Å²) < 4.78 is 1.01. The molecule has 1 aliphatic rings. The minimum Gasteiger partial charge on any atom is -0.368 e. The molecule has 2 aromatic rings. The molecule has 0 unspecified atom stereocenters. The maximum absolute atomic E-state index is 12.5. The second-order valence-electron chi connectivity index (χ2n) is 6.11. The molecule has 3 nitrogen and oxygen atoms in total. The number of halogens is 2. The van der Waals surface area contributed by atoms with Crippen LogP contribution in [0.15, 0.2) is 46.9 Å². The van der Waals surface area contributed by atoms with Crippen molar-refractivity contribution < 1.29 is 4.79 Å². The van der Waals surface area contributed by atoms with Crippen LogP contribution in [0.5, 0.6) is 0 Å². The van der Waals surface area contributed by atoms with E-state index in [0.29, 0.717) is 6.42 Å². The van der Waals surface area contributed by atoms with Gasteiger partial charge in [0, 0.05) is 41.4 Å². The van der Waals surface area contributed by atoms with Gasteiger partial charge in [-0.2, -0.15) is 0 Å². The molecule has 0 bridgehead atoms. The summed E-state index contributed by atoms with van der Waals surface area (Å²) in [6, 6.07) is 13.9. The lowest BCUT2D eigenvalue weighted by Crippen LogP contribution is -2.49. The molecule has 0 N–H and O–H groups in total. The van der Waals surface area contributed by atoms with E-state index in [2.05, 4.69) is 27.8 Å². The first-order chi connectivity index (χ1) is 11.5. The fraction of sp³-hybridized carbons (Fsp3) is 0.316. The molecule has 1 amide bonds. The molecule has 24 heavy (non-hydrogen) atoms. The fourth-order valence-electron chi connectivity index (χ4n) is 3.05. The van der Waals surface area contributed by atoms with Crippen LogP contribution in [0.3, 0.4) is 0 Å². The van der Waals surface area contributed by atoms with Crippen molar-refractivity contribution >= 4 is 39.1 Å². The third-order valence-corrected chi connectivity index (χ3v) is 5.12. The molecule has 5 heteroatoms. The normalized spacial score (nSPS) is 14.8. The predicted molar refractivity (Wildman–Crippen MR) is 103 cm³/mol. The van der Waals surface area contributed by atoms with Gasteiger partial charge in [-0.15, -0.1) is 0 Å². The summed E-state index contributed by atoms with van der Waals surface area (Å²) in [5.74, 6) is 0.190. The number of rotatable bonds is 3. The Labute approximate surface area is 156 Å². The summed E-state index contributed by atoms with van der Waals surface area (Å²) in [5.41, 5.74) is 3.43. The van der Waals surface area contributed by atoms with Crippen LogP contribution in [0.4, 0.5) is 5.69 Å². The Morgan fingerprint density at radius 3 is 2.58 bits per heavy atom. The van der Waals surface area contributed by atoms with E-state index >= 15 is 0 Å². The van der Waals surface area contributed by atoms with Crippen molar-refractivity contribution in [2.24, 2.45) is 0 Å². The van der Waals surface area contributed by atoms with E-state index in [4.69, 9.17) is 11.6 Å². The predicted octanol–water partition coefficient (Wildman–Crippen LogP) is 4.30. The summed E-state index contributed by atoms with van der Waals surface area (Å²) in [6.45, 7) is 5.27.